The monoisotopic (exact) mass is 374 g/mol. The number of unbranched alkanes of at least 4 members (excludes halogenated alkanes) is 1. The van der Waals surface area contributed by atoms with Gasteiger partial charge in [0.15, 0.2) is 4.77 Å². The third-order valence-corrected chi connectivity index (χ3v) is 4.79. The van der Waals surface area contributed by atoms with Gasteiger partial charge < -0.3 is 15.3 Å². The predicted molar refractivity (Wildman–Crippen MR) is 102 cm³/mol. The Bertz CT molecular complexity index is 931. The molecule has 0 bridgehead atoms. The fourth-order valence-electron chi connectivity index (χ4n) is 2.97. The molecule has 2 heterocycles. The van der Waals surface area contributed by atoms with Crippen molar-refractivity contribution in [3.8, 4) is 11.6 Å². The Kier molecular flexibility index (Phi) is 5.41. The second-order valence-corrected chi connectivity index (χ2v) is 6.57. The number of aromatic hydroxyl groups is 1. The molecular formula is C18H22N4O3S. The summed E-state index contributed by atoms with van der Waals surface area (Å²) < 4.78 is 6.95. The van der Waals surface area contributed by atoms with Crippen LogP contribution in [0, 0.1) is 4.77 Å². The molecule has 3 N–H and O–H groups in total. The van der Waals surface area contributed by atoms with Crippen molar-refractivity contribution in [2.45, 2.75) is 38.8 Å². The standard InChI is InChI=1S/C18H22N4O3S/c1-3-4-9-22-17(24)15(16(23)19-18(22)26)14-10-13(20-21-14)11-5-7-12(25-2)8-6-11/h5-8,13,20,24H,3-4,9-10H2,1-2H3,(H,19,23,26)/t13-/m0/s1. The minimum Gasteiger partial charge on any atom is -0.497 e. The molecule has 0 unspecified atom stereocenters. The summed E-state index contributed by atoms with van der Waals surface area (Å²) in [6.07, 6.45) is 2.30. The maximum absolute atomic E-state index is 12.4. The lowest BCUT2D eigenvalue weighted by Crippen LogP contribution is -2.22. The smallest absolute Gasteiger partial charge is 0.264 e. The topological polar surface area (TPSA) is 91.6 Å². The van der Waals surface area contributed by atoms with Crippen molar-refractivity contribution in [3.05, 3.63) is 50.5 Å². The van der Waals surface area contributed by atoms with E-state index >= 15 is 0 Å². The lowest BCUT2D eigenvalue weighted by molar-refractivity contribution is 0.398. The number of nitrogens with zero attached hydrogens (tertiary/aromatic N) is 2. The van der Waals surface area contributed by atoms with Crippen molar-refractivity contribution in [3.63, 3.8) is 0 Å². The van der Waals surface area contributed by atoms with Crippen LogP contribution >= 0.6 is 12.2 Å². The Morgan fingerprint density at radius 3 is 2.77 bits per heavy atom. The van der Waals surface area contributed by atoms with E-state index in [1.807, 2.05) is 24.3 Å². The molecule has 0 aliphatic carbocycles. The molecule has 8 heteroatoms. The van der Waals surface area contributed by atoms with Crippen molar-refractivity contribution in [1.82, 2.24) is 15.0 Å². The molecule has 1 aromatic carbocycles. The van der Waals surface area contributed by atoms with Gasteiger partial charge in [-0.15, -0.1) is 0 Å². The van der Waals surface area contributed by atoms with E-state index in [4.69, 9.17) is 17.0 Å². The third-order valence-electron chi connectivity index (χ3n) is 4.47. The number of rotatable bonds is 6. The molecule has 2 aromatic rings. The van der Waals surface area contributed by atoms with Gasteiger partial charge in [0.2, 0.25) is 5.88 Å². The second-order valence-electron chi connectivity index (χ2n) is 6.18. The van der Waals surface area contributed by atoms with Crippen LogP contribution in [0.5, 0.6) is 11.6 Å². The van der Waals surface area contributed by atoms with Gasteiger partial charge in [-0.3, -0.25) is 14.3 Å². The van der Waals surface area contributed by atoms with E-state index < -0.39 is 5.56 Å². The number of aromatic nitrogens is 2. The zero-order chi connectivity index (χ0) is 18.7. The molecular weight excluding hydrogens is 352 g/mol. The SMILES string of the molecule is CCCCn1c(O)c(C2=NN[C@H](c3ccc(OC)cc3)C2)c(=O)[nH]c1=S. The van der Waals surface area contributed by atoms with Crippen molar-refractivity contribution >= 4 is 17.9 Å². The number of aromatic amines is 1. The van der Waals surface area contributed by atoms with Crippen LogP contribution in [0.1, 0.15) is 43.4 Å². The molecule has 0 saturated heterocycles. The molecule has 3 rings (SSSR count). The van der Waals surface area contributed by atoms with Crippen LogP contribution in [0.4, 0.5) is 0 Å². The first-order valence-electron chi connectivity index (χ1n) is 8.57. The summed E-state index contributed by atoms with van der Waals surface area (Å²) in [5.74, 6) is 0.656. The van der Waals surface area contributed by atoms with E-state index in [-0.39, 0.29) is 22.3 Å². The van der Waals surface area contributed by atoms with Crippen molar-refractivity contribution < 1.29 is 9.84 Å². The van der Waals surface area contributed by atoms with Crippen molar-refractivity contribution in [1.29, 1.82) is 0 Å². The van der Waals surface area contributed by atoms with Gasteiger partial charge in [0.25, 0.3) is 5.56 Å². The maximum atomic E-state index is 12.4. The van der Waals surface area contributed by atoms with Gasteiger partial charge in [0.1, 0.15) is 11.3 Å². The predicted octanol–water partition coefficient (Wildman–Crippen LogP) is 2.86. The van der Waals surface area contributed by atoms with E-state index in [1.165, 1.54) is 0 Å². The highest BCUT2D eigenvalue weighted by Gasteiger charge is 2.26. The normalized spacial score (nSPS) is 16.2. The summed E-state index contributed by atoms with van der Waals surface area (Å²) in [4.78, 5) is 15.0. The first-order valence-corrected chi connectivity index (χ1v) is 8.98. The van der Waals surface area contributed by atoms with Gasteiger partial charge in [0.05, 0.1) is 18.9 Å². The number of ether oxygens (including phenoxy) is 1. The van der Waals surface area contributed by atoms with Gasteiger partial charge in [-0.2, -0.15) is 5.10 Å². The number of hydrogen-bond acceptors (Lipinski definition) is 6. The average molecular weight is 374 g/mol. The van der Waals surface area contributed by atoms with Crippen LogP contribution in [-0.2, 0) is 6.54 Å². The summed E-state index contributed by atoms with van der Waals surface area (Å²) >= 11 is 5.18. The first-order chi connectivity index (χ1) is 12.5. The Morgan fingerprint density at radius 2 is 2.12 bits per heavy atom. The molecule has 1 atom stereocenters. The lowest BCUT2D eigenvalue weighted by Gasteiger charge is -2.13. The fourth-order valence-corrected chi connectivity index (χ4v) is 3.24. The minimum atomic E-state index is -0.420. The number of benzene rings is 1. The highest BCUT2D eigenvalue weighted by molar-refractivity contribution is 7.71. The summed E-state index contributed by atoms with van der Waals surface area (Å²) in [6, 6.07) is 7.59. The van der Waals surface area contributed by atoms with E-state index in [9.17, 15) is 9.90 Å². The van der Waals surface area contributed by atoms with E-state index in [0.29, 0.717) is 18.7 Å². The molecule has 1 aliphatic rings. The minimum absolute atomic E-state index is 0.0676. The van der Waals surface area contributed by atoms with Gasteiger partial charge in [0, 0.05) is 13.0 Å². The molecule has 0 amide bonds. The van der Waals surface area contributed by atoms with Crippen molar-refractivity contribution in [2.75, 3.05) is 7.11 Å². The zero-order valence-electron chi connectivity index (χ0n) is 14.8. The molecule has 138 valence electrons. The van der Waals surface area contributed by atoms with Crippen LogP contribution in [-0.4, -0.2) is 27.5 Å². The number of nitrogens with one attached hydrogen (secondary N) is 2. The molecule has 0 fully saturated rings. The first kappa shape index (κ1) is 18.2. The Morgan fingerprint density at radius 1 is 1.38 bits per heavy atom. The molecule has 1 aliphatic heterocycles. The third kappa shape index (κ3) is 3.50. The molecule has 0 radical (unpaired) electrons. The summed E-state index contributed by atoms with van der Waals surface area (Å²) in [6.45, 7) is 2.60. The van der Waals surface area contributed by atoms with E-state index in [0.717, 1.165) is 24.2 Å². The highest BCUT2D eigenvalue weighted by Crippen LogP contribution is 2.27. The number of methoxy groups -OCH3 is 1. The highest BCUT2D eigenvalue weighted by atomic mass is 32.1. The molecule has 0 spiro atoms. The lowest BCUT2D eigenvalue weighted by atomic mass is 10.00. The second kappa shape index (κ2) is 7.74. The van der Waals surface area contributed by atoms with Gasteiger partial charge in [-0.05, 0) is 36.3 Å². The largest absolute Gasteiger partial charge is 0.497 e. The summed E-state index contributed by atoms with van der Waals surface area (Å²) in [5, 5.41) is 14.9. The van der Waals surface area contributed by atoms with Crippen LogP contribution in [0.15, 0.2) is 34.2 Å². The molecule has 1 aromatic heterocycles. The van der Waals surface area contributed by atoms with E-state index in [2.05, 4.69) is 22.4 Å². The summed E-state index contributed by atoms with van der Waals surface area (Å²) in [5.41, 5.74) is 4.34. The fraction of sp³-hybridized carbons (Fsp3) is 0.389. The Hall–Kier alpha value is -2.61. The Labute approximate surface area is 156 Å². The molecule has 0 saturated carbocycles. The molecule has 7 nitrogen and oxygen atoms in total. The average Bonchev–Trinajstić information content (AvgIpc) is 3.11. The summed E-state index contributed by atoms with van der Waals surface area (Å²) in [7, 11) is 1.62. The van der Waals surface area contributed by atoms with Crippen LogP contribution < -0.4 is 15.7 Å². The quantitative estimate of drug-likeness (QED) is 0.676. The molecule has 26 heavy (non-hydrogen) atoms. The maximum Gasteiger partial charge on any atom is 0.264 e. The van der Waals surface area contributed by atoms with Gasteiger partial charge in [-0.1, -0.05) is 25.5 Å². The van der Waals surface area contributed by atoms with E-state index in [1.54, 1.807) is 11.7 Å². The number of hydrazone groups is 1. The number of hydrogen-bond donors (Lipinski definition) is 3. The van der Waals surface area contributed by atoms with Gasteiger partial charge >= 0.3 is 0 Å². The van der Waals surface area contributed by atoms with Crippen molar-refractivity contribution in [2.24, 2.45) is 5.10 Å². The van der Waals surface area contributed by atoms with Crippen LogP contribution in [0.2, 0.25) is 0 Å². The Balaban J connectivity index is 1.88. The number of H-pyrrole nitrogens is 1. The van der Waals surface area contributed by atoms with Gasteiger partial charge in [-0.25, -0.2) is 0 Å². The van der Waals surface area contributed by atoms with Crippen LogP contribution in [0.25, 0.3) is 0 Å². The van der Waals surface area contributed by atoms with Crippen LogP contribution in [0.3, 0.4) is 0 Å². The zero-order valence-corrected chi connectivity index (χ0v) is 15.6.